The molecule has 2 saturated carbocycles. The number of allylic oxidation sites excluding steroid dienone is 2. The molecule has 0 radical (unpaired) electrons. The SMILES string of the molecule is CCCCOC1CCC(C2CCC(c3ccc(C4=CCC(c5ccc(OCC)c(F)c5)CC4)c(F)c3)CC2)CC1. The molecule has 0 aliphatic heterocycles. The Morgan fingerprint density at radius 1 is 0.750 bits per heavy atom. The summed E-state index contributed by atoms with van der Waals surface area (Å²) >= 11 is 0. The molecule has 40 heavy (non-hydrogen) atoms. The fourth-order valence-electron chi connectivity index (χ4n) is 7.52. The van der Waals surface area contributed by atoms with Crippen LogP contribution in [0.15, 0.2) is 42.5 Å². The summed E-state index contributed by atoms with van der Waals surface area (Å²) < 4.78 is 41.2. The van der Waals surface area contributed by atoms with Crippen molar-refractivity contribution in [3.63, 3.8) is 0 Å². The normalized spacial score (nSPS) is 27.3. The van der Waals surface area contributed by atoms with Crippen LogP contribution in [-0.2, 0) is 4.74 Å². The number of ether oxygens (including phenoxy) is 2. The minimum atomic E-state index is -0.301. The third-order valence-corrected chi connectivity index (χ3v) is 9.96. The molecular formula is C36H48F2O2. The molecule has 2 aromatic rings. The highest BCUT2D eigenvalue weighted by Crippen LogP contribution is 2.44. The number of hydrogen-bond acceptors (Lipinski definition) is 2. The van der Waals surface area contributed by atoms with E-state index in [4.69, 9.17) is 9.47 Å². The highest BCUT2D eigenvalue weighted by molar-refractivity contribution is 5.67. The topological polar surface area (TPSA) is 18.5 Å². The van der Waals surface area contributed by atoms with Crippen LogP contribution < -0.4 is 4.74 Å². The van der Waals surface area contributed by atoms with Crippen LogP contribution in [0.4, 0.5) is 8.78 Å². The predicted octanol–water partition coefficient (Wildman–Crippen LogP) is 10.4. The van der Waals surface area contributed by atoms with E-state index < -0.39 is 0 Å². The molecule has 0 saturated heterocycles. The van der Waals surface area contributed by atoms with Gasteiger partial charge in [0.05, 0.1) is 12.7 Å². The first kappa shape index (κ1) is 29.3. The van der Waals surface area contributed by atoms with E-state index in [1.54, 1.807) is 12.1 Å². The molecule has 0 amide bonds. The van der Waals surface area contributed by atoms with Crippen molar-refractivity contribution in [2.45, 2.75) is 115 Å². The molecule has 5 rings (SSSR count). The average Bonchev–Trinajstić information content (AvgIpc) is 2.99. The van der Waals surface area contributed by atoms with Gasteiger partial charge in [-0.1, -0.05) is 37.6 Å². The van der Waals surface area contributed by atoms with Crippen LogP contribution in [0.5, 0.6) is 5.75 Å². The molecule has 0 heterocycles. The second kappa shape index (κ2) is 14.1. The zero-order chi connectivity index (χ0) is 27.9. The molecule has 0 N–H and O–H groups in total. The van der Waals surface area contributed by atoms with Gasteiger partial charge in [-0.2, -0.15) is 0 Å². The third-order valence-electron chi connectivity index (χ3n) is 9.96. The van der Waals surface area contributed by atoms with Crippen molar-refractivity contribution in [2.75, 3.05) is 13.2 Å². The molecule has 1 unspecified atom stereocenters. The lowest BCUT2D eigenvalue weighted by Crippen LogP contribution is -2.28. The quantitative estimate of drug-likeness (QED) is 0.274. The van der Waals surface area contributed by atoms with Crippen LogP contribution in [0.2, 0.25) is 0 Å². The Hall–Kier alpha value is -2.20. The molecule has 2 nitrogen and oxygen atoms in total. The number of halogens is 2. The van der Waals surface area contributed by atoms with Crippen molar-refractivity contribution in [3.8, 4) is 5.75 Å². The van der Waals surface area contributed by atoms with Crippen molar-refractivity contribution in [3.05, 3.63) is 70.8 Å². The summed E-state index contributed by atoms with van der Waals surface area (Å²) in [5.41, 5.74) is 4.00. The van der Waals surface area contributed by atoms with Gasteiger partial charge in [0.15, 0.2) is 11.6 Å². The maximum atomic E-state index is 15.4. The molecule has 0 aromatic heterocycles. The summed E-state index contributed by atoms with van der Waals surface area (Å²) in [6.07, 6.45) is 17.6. The molecular weight excluding hydrogens is 502 g/mol. The second-order valence-corrected chi connectivity index (χ2v) is 12.4. The first-order valence-corrected chi connectivity index (χ1v) is 16.1. The van der Waals surface area contributed by atoms with E-state index >= 15 is 4.39 Å². The number of benzene rings is 2. The summed E-state index contributed by atoms with van der Waals surface area (Å²) in [6.45, 7) is 5.45. The van der Waals surface area contributed by atoms with Crippen molar-refractivity contribution >= 4 is 5.57 Å². The van der Waals surface area contributed by atoms with Crippen molar-refractivity contribution < 1.29 is 18.3 Å². The van der Waals surface area contributed by atoms with Gasteiger partial charge in [0.1, 0.15) is 5.82 Å². The Balaban J connectivity index is 1.12. The highest BCUT2D eigenvalue weighted by atomic mass is 19.1. The summed E-state index contributed by atoms with van der Waals surface area (Å²) in [5, 5.41) is 0. The minimum Gasteiger partial charge on any atom is -0.491 e. The monoisotopic (exact) mass is 550 g/mol. The average molecular weight is 551 g/mol. The van der Waals surface area contributed by atoms with E-state index in [0.717, 1.165) is 54.4 Å². The largest absolute Gasteiger partial charge is 0.491 e. The van der Waals surface area contributed by atoms with E-state index in [9.17, 15) is 4.39 Å². The molecule has 0 spiro atoms. The molecule has 3 aliphatic carbocycles. The van der Waals surface area contributed by atoms with Crippen molar-refractivity contribution in [1.82, 2.24) is 0 Å². The Morgan fingerprint density at radius 2 is 1.43 bits per heavy atom. The maximum absolute atomic E-state index is 15.4. The van der Waals surface area contributed by atoms with E-state index in [2.05, 4.69) is 19.1 Å². The lowest BCUT2D eigenvalue weighted by Gasteiger charge is -2.38. The Labute approximate surface area is 240 Å². The lowest BCUT2D eigenvalue weighted by molar-refractivity contribution is 0.00675. The van der Waals surface area contributed by atoms with Gasteiger partial charge < -0.3 is 9.47 Å². The molecule has 2 aromatic carbocycles. The van der Waals surface area contributed by atoms with Gasteiger partial charge in [0, 0.05) is 12.2 Å². The van der Waals surface area contributed by atoms with Gasteiger partial charge in [-0.25, -0.2) is 8.78 Å². The minimum absolute atomic E-state index is 0.0853. The zero-order valence-electron chi connectivity index (χ0n) is 24.6. The van der Waals surface area contributed by atoms with Gasteiger partial charge in [-0.15, -0.1) is 0 Å². The van der Waals surface area contributed by atoms with Crippen LogP contribution in [0.25, 0.3) is 5.57 Å². The number of unbranched alkanes of at least 4 members (excludes halogenated alkanes) is 1. The maximum Gasteiger partial charge on any atom is 0.165 e. The predicted molar refractivity (Wildman–Crippen MR) is 160 cm³/mol. The van der Waals surface area contributed by atoms with Crippen LogP contribution in [0.3, 0.4) is 0 Å². The van der Waals surface area contributed by atoms with Crippen molar-refractivity contribution in [1.29, 1.82) is 0 Å². The molecule has 218 valence electrons. The fraction of sp³-hybridized carbons (Fsp3) is 0.611. The first-order chi connectivity index (χ1) is 19.6. The zero-order valence-corrected chi connectivity index (χ0v) is 24.6. The van der Waals surface area contributed by atoms with Gasteiger partial charge in [-0.05, 0) is 143 Å². The fourth-order valence-corrected chi connectivity index (χ4v) is 7.52. The van der Waals surface area contributed by atoms with Crippen LogP contribution >= 0.6 is 0 Å². The van der Waals surface area contributed by atoms with Crippen LogP contribution in [0.1, 0.15) is 126 Å². The van der Waals surface area contributed by atoms with E-state index in [0.29, 0.717) is 24.4 Å². The van der Waals surface area contributed by atoms with Gasteiger partial charge in [0.2, 0.25) is 0 Å². The van der Waals surface area contributed by atoms with Gasteiger partial charge >= 0.3 is 0 Å². The first-order valence-electron chi connectivity index (χ1n) is 16.1. The third kappa shape index (κ3) is 7.16. The lowest BCUT2D eigenvalue weighted by atomic mass is 9.69. The van der Waals surface area contributed by atoms with Crippen molar-refractivity contribution in [2.24, 2.45) is 11.8 Å². The summed E-state index contributed by atoms with van der Waals surface area (Å²) in [5.74, 6) is 2.35. The number of rotatable bonds is 10. The molecule has 4 heteroatoms. The molecule has 1 atom stereocenters. The van der Waals surface area contributed by atoms with E-state index in [1.807, 2.05) is 25.1 Å². The smallest absolute Gasteiger partial charge is 0.165 e. The summed E-state index contributed by atoms with van der Waals surface area (Å²) in [7, 11) is 0. The molecule has 2 fully saturated rings. The Morgan fingerprint density at radius 3 is 2.05 bits per heavy atom. The second-order valence-electron chi connectivity index (χ2n) is 12.4. The molecule has 0 bridgehead atoms. The van der Waals surface area contributed by atoms with Gasteiger partial charge in [-0.3, -0.25) is 0 Å². The van der Waals surface area contributed by atoms with E-state index in [-0.39, 0.29) is 17.6 Å². The Kier molecular flexibility index (Phi) is 10.3. The van der Waals surface area contributed by atoms with Crippen LogP contribution in [-0.4, -0.2) is 19.3 Å². The molecule has 3 aliphatic rings. The number of hydrogen-bond donors (Lipinski definition) is 0. The summed E-state index contributed by atoms with van der Waals surface area (Å²) in [6, 6.07) is 11.3. The highest BCUT2D eigenvalue weighted by Gasteiger charge is 2.32. The van der Waals surface area contributed by atoms with E-state index in [1.165, 1.54) is 69.8 Å². The Bertz CT molecular complexity index is 1130. The van der Waals surface area contributed by atoms with Gasteiger partial charge in [0.25, 0.3) is 0 Å². The summed E-state index contributed by atoms with van der Waals surface area (Å²) in [4.78, 5) is 0. The van der Waals surface area contributed by atoms with Crippen LogP contribution in [0, 0.1) is 23.5 Å². The standard InChI is InChI=1S/C36H48F2O2/c1-3-5-22-40-32-18-14-26(15-19-32)25-6-8-27(9-7-25)30-16-20-33(34(37)23-30)29-12-10-28(11-13-29)31-17-21-36(39-4-2)35(38)24-31/h12,16-17,20-21,23-28,32H,3-11,13-15,18-19,22H2,1-2H3.